The van der Waals surface area contributed by atoms with Crippen LogP contribution in [-0.2, 0) is 17.7 Å². The number of nitrogens with one attached hydrogen (secondary N) is 1. The van der Waals surface area contributed by atoms with E-state index in [1.54, 1.807) is 7.11 Å². The molecule has 0 atom stereocenters. The monoisotopic (exact) mass is 225 g/mol. The molecule has 1 saturated carbocycles. The number of nitrogens with zero attached hydrogens (tertiary/aromatic N) is 2. The Balaban J connectivity index is 1.85. The van der Waals surface area contributed by atoms with Gasteiger partial charge in [0.15, 0.2) is 5.82 Å². The number of aromatic nitrogens is 2. The fraction of sp³-hybridized carbons (Fsp3) is 0.818. The fourth-order valence-electron chi connectivity index (χ4n) is 1.39. The number of hydrogen-bond acceptors (Lipinski definition) is 5. The molecule has 1 aliphatic rings. The van der Waals surface area contributed by atoms with Gasteiger partial charge in [-0.25, -0.2) is 0 Å². The molecule has 16 heavy (non-hydrogen) atoms. The van der Waals surface area contributed by atoms with Gasteiger partial charge in [0.1, 0.15) is 0 Å². The fourth-order valence-corrected chi connectivity index (χ4v) is 1.39. The van der Waals surface area contributed by atoms with Crippen LogP contribution in [0.25, 0.3) is 0 Å². The molecule has 90 valence electrons. The van der Waals surface area contributed by atoms with Gasteiger partial charge in [0.2, 0.25) is 5.89 Å². The van der Waals surface area contributed by atoms with Crippen molar-refractivity contribution >= 4 is 0 Å². The van der Waals surface area contributed by atoms with Crippen molar-refractivity contribution in [1.82, 2.24) is 15.5 Å². The van der Waals surface area contributed by atoms with E-state index in [0.717, 1.165) is 5.82 Å². The number of rotatable bonds is 6. The zero-order chi connectivity index (χ0) is 11.6. The first-order chi connectivity index (χ1) is 7.59. The van der Waals surface area contributed by atoms with Crippen LogP contribution in [0.4, 0.5) is 0 Å². The van der Waals surface area contributed by atoms with Crippen molar-refractivity contribution in [3.8, 4) is 0 Å². The average molecular weight is 225 g/mol. The lowest BCUT2D eigenvalue weighted by molar-refractivity contribution is 0.0170. The third-order valence-corrected chi connectivity index (χ3v) is 2.77. The standard InChI is InChI=1S/C11H19N3O2/c1-11(2,15-3)6-10-13-9(14-16-10)7-12-8-4-5-8/h8,12H,4-7H2,1-3H3. The van der Waals surface area contributed by atoms with Gasteiger partial charge in [0.25, 0.3) is 0 Å². The quantitative estimate of drug-likeness (QED) is 0.790. The van der Waals surface area contributed by atoms with Crippen LogP contribution in [0.1, 0.15) is 38.4 Å². The Morgan fingerprint density at radius 1 is 1.50 bits per heavy atom. The zero-order valence-corrected chi connectivity index (χ0v) is 10.1. The molecule has 0 bridgehead atoms. The molecule has 1 aliphatic carbocycles. The molecular formula is C11H19N3O2. The predicted octanol–water partition coefficient (Wildman–Crippen LogP) is 1.29. The molecule has 1 fully saturated rings. The van der Waals surface area contributed by atoms with E-state index < -0.39 is 0 Å². The van der Waals surface area contributed by atoms with Crippen LogP contribution < -0.4 is 5.32 Å². The maximum absolute atomic E-state index is 5.32. The third kappa shape index (κ3) is 3.28. The van der Waals surface area contributed by atoms with E-state index in [9.17, 15) is 0 Å². The van der Waals surface area contributed by atoms with Gasteiger partial charge < -0.3 is 14.6 Å². The molecule has 0 saturated heterocycles. The molecule has 1 aromatic heterocycles. The minimum Gasteiger partial charge on any atom is -0.378 e. The predicted molar refractivity (Wildman–Crippen MR) is 59.0 cm³/mol. The number of methoxy groups -OCH3 is 1. The molecule has 0 unspecified atom stereocenters. The van der Waals surface area contributed by atoms with Crippen molar-refractivity contribution in [2.75, 3.05) is 7.11 Å². The minimum absolute atomic E-state index is 0.256. The van der Waals surface area contributed by atoms with Crippen LogP contribution in [0.3, 0.4) is 0 Å². The first-order valence-electron chi connectivity index (χ1n) is 5.69. The van der Waals surface area contributed by atoms with Gasteiger partial charge in [0.05, 0.1) is 18.6 Å². The summed E-state index contributed by atoms with van der Waals surface area (Å²) in [4.78, 5) is 4.32. The highest BCUT2D eigenvalue weighted by atomic mass is 16.5. The second kappa shape index (κ2) is 4.51. The molecule has 0 aromatic carbocycles. The Labute approximate surface area is 95.6 Å². The second-order valence-corrected chi connectivity index (χ2v) is 4.90. The van der Waals surface area contributed by atoms with Gasteiger partial charge in [-0.05, 0) is 26.7 Å². The Bertz CT molecular complexity index is 345. The first-order valence-corrected chi connectivity index (χ1v) is 5.69. The van der Waals surface area contributed by atoms with E-state index in [0.29, 0.717) is 24.9 Å². The maximum Gasteiger partial charge on any atom is 0.229 e. The van der Waals surface area contributed by atoms with E-state index >= 15 is 0 Å². The molecule has 1 aromatic rings. The summed E-state index contributed by atoms with van der Waals surface area (Å²) in [7, 11) is 1.69. The molecule has 0 amide bonds. The average Bonchev–Trinajstić information content (AvgIpc) is 2.97. The van der Waals surface area contributed by atoms with Crippen LogP contribution in [0, 0.1) is 0 Å². The van der Waals surface area contributed by atoms with Crippen molar-refractivity contribution in [2.45, 2.75) is 51.3 Å². The summed E-state index contributed by atoms with van der Waals surface area (Å²) in [5.41, 5.74) is -0.256. The van der Waals surface area contributed by atoms with Gasteiger partial charge in [-0.1, -0.05) is 5.16 Å². The normalized spacial score (nSPS) is 16.7. The summed E-state index contributed by atoms with van der Waals surface area (Å²) in [5, 5.41) is 7.28. The second-order valence-electron chi connectivity index (χ2n) is 4.90. The summed E-state index contributed by atoms with van der Waals surface area (Å²) < 4.78 is 10.5. The maximum atomic E-state index is 5.32. The molecule has 0 aliphatic heterocycles. The highest BCUT2D eigenvalue weighted by Crippen LogP contribution is 2.19. The number of ether oxygens (including phenoxy) is 1. The van der Waals surface area contributed by atoms with Crippen LogP contribution in [0.2, 0.25) is 0 Å². The smallest absolute Gasteiger partial charge is 0.229 e. The lowest BCUT2D eigenvalue weighted by atomic mass is 10.1. The van der Waals surface area contributed by atoms with Crippen LogP contribution in [-0.4, -0.2) is 28.9 Å². The molecule has 0 spiro atoms. The molecule has 1 heterocycles. The van der Waals surface area contributed by atoms with Crippen molar-refractivity contribution in [1.29, 1.82) is 0 Å². The van der Waals surface area contributed by atoms with E-state index in [2.05, 4.69) is 15.5 Å². The summed E-state index contributed by atoms with van der Waals surface area (Å²) >= 11 is 0. The largest absolute Gasteiger partial charge is 0.378 e. The van der Waals surface area contributed by atoms with Crippen molar-refractivity contribution in [3.05, 3.63) is 11.7 Å². The third-order valence-electron chi connectivity index (χ3n) is 2.77. The molecule has 5 heteroatoms. The van der Waals surface area contributed by atoms with E-state index in [-0.39, 0.29) is 5.60 Å². The molecule has 1 N–H and O–H groups in total. The van der Waals surface area contributed by atoms with Crippen molar-refractivity contribution < 1.29 is 9.26 Å². The van der Waals surface area contributed by atoms with Gasteiger partial charge in [-0.3, -0.25) is 0 Å². The van der Waals surface area contributed by atoms with E-state index in [1.165, 1.54) is 12.8 Å². The summed E-state index contributed by atoms with van der Waals surface area (Å²) in [6.45, 7) is 4.69. The number of hydrogen-bond donors (Lipinski definition) is 1. The van der Waals surface area contributed by atoms with Crippen LogP contribution in [0.15, 0.2) is 4.52 Å². The van der Waals surface area contributed by atoms with Crippen molar-refractivity contribution in [2.24, 2.45) is 0 Å². The van der Waals surface area contributed by atoms with E-state index in [4.69, 9.17) is 9.26 Å². The van der Waals surface area contributed by atoms with E-state index in [1.807, 2.05) is 13.8 Å². The summed E-state index contributed by atoms with van der Waals surface area (Å²) in [5.74, 6) is 1.37. The lowest BCUT2D eigenvalue weighted by Gasteiger charge is -2.19. The van der Waals surface area contributed by atoms with Crippen LogP contribution >= 0.6 is 0 Å². The SMILES string of the molecule is COC(C)(C)Cc1nc(CNC2CC2)no1. The topological polar surface area (TPSA) is 60.2 Å². The Morgan fingerprint density at radius 3 is 2.88 bits per heavy atom. The first kappa shape index (κ1) is 11.5. The van der Waals surface area contributed by atoms with Crippen LogP contribution in [0.5, 0.6) is 0 Å². The lowest BCUT2D eigenvalue weighted by Crippen LogP contribution is -2.25. The summed E-state index contributed by atoms with van der Waals surface area (Å²) in [6, 6.07) is 0.664. The molecule has 5 nitrogen and oxygen atoms in total. The molecular weight excluding hydrogens is 206 g/mol. The Kier molecular flexibility index (Phi) is 3.25. The van der Waals surface area contributed by atoms with Gasteiger partial charge >= 0.3 is 0 Å². The Hall–Kier alpha value is -0.940. The highest BCUT2D eigenvalue weighted by Gasteiger charge is 2.23. The minimum atomic E-state index is -0.256. The van der Waals surface area contributed by atoms with Gasteiger partial charge in [0, 0.05) is 13.2 Å². The highest BCUT2D eigenvalue weighted by molar-refractivity contribution is 4.92. The van der Waals surface area contributed by atoms with Crippen molar-refractivity contribution in [3.63, 3.8) is 0 Å². The summed E-state index contributed by atoms with van der Waals surface area (Å²) in [6.07, 6.45) is 3.17. The van der Waals surface area contributed by atoms with Gasteiger partial charge in [-0.15, -0.1) is 0 Å². The van der Waals surface area contributed by atoms with Gasteiger partial charge in [-0.2, -0.15) is 4.98 Å². The Morgan fingerprint density at radius 2 is 2.25 bits per heavy atom. The molecule has 0 radical (unpaired) electrons. The molecule has 2 rings (SSSR count). The zero-order valence-electron chi connectivity index (χ0n) is 10.1.